The van der Waals surface area contributed by atoms with Gasteiger partial charge in [0.15, 0.2) is 11.5 Å². The fourth-order valence-electron chi connectivity index (χ4n) is 2.54. The zero-order valence-electron chi connectivity index (χ0n) is 16.1. The molecule has 2 rings (SSSR count). The average Bonchev–Trinajstić information content (AvgIpc) is 2.60. The van der Waals surface area contributed by atoms with Crippen molar-refractivity contribution in [2.45, 2.75) is 46.0 Å². The molecule has 0 heterocycles. The van der Waals surface area contributed by atoms with Crippen molar-refractivity contribution in [3.63, 3.8) is 0 Å². The molecule has 0 aliphatic heterocycles. The summed E-state index contributed by atoms with van der Waals surface area (Å²) in [6, 6.07) is 12.8. The number of Topliss-reactive ketones (excluding diaryl/α,β-unsaturated/α-hetero) is 1. The molecule has 26 heavy (non-hydrogen) atoms. The molecule has 0 aliphatic rings. The van der Waals surface area contributed by atoms with E-state index in [0.717, 1.165) is 11.1 Å². The predicted molar refractivity (Wildman–Crippen MR) is 102 cm³/mol. The van der Waals surface area contributed by atoms with Crippen LogP contribution in [0.3, 0.4) is 0 Å². The fraction of sp³-hybridized carbons (Fsp3) is 0.364. The number of hydrogen-bond acceptors (Lipinski definition) is 4. The summed E-state index contributed by atoms with van der Waals surface area (Å²) < 4.78 is 10.8. The van der Waals surface area contributed by atoms with Crippen molar-refractivity contribution in [3.05, 3.63) is 59.2 Å². The van der Waals surface area contributed by atoms with Crippen molar-refractivity contribution < 1.29 is 19.1 Å². The first-order valence-corrected chi connectivity index (χ1v) is 8.70. The van der Waals surface area contributed by atoms with Crippen molar-refractivity contribution in [1.29, 1.82) is 0 Å². The van der Waals surface area contributed by atoms with Crippen LogP contribution in [-0.2, 0) is 16.6 Å². The van der Waals surface area contributed by atoms with Gasteiger partial charge in [-0.2, -0.15) is 0 Å². The number of rotatable bonds is 6. The van der Waals surface area contributed by atoms with Gasteiger partial charge in [-0.1, -0.05) is 39.0 Å². The van der Waals surface area contributed by atoms with Crippen molar-refractivity contribution in [2.24, 2.45) is 0 Å². The van der Waals surface area contributed by atoms with Crippen LogP contribution in [-0.4, -0.2) is 18.9 Å². The molecule has 0 amide bonds. The molecule has 0 saturated heterocycles. The Bertz CT molecular complexity index is 783. The number of methoxy groups -OCH3 is 1. The number of ketones is 1. The Balaban J connectivity index is 2.14. The van der Waals surface area contributed by atoms with Crippen LogP contribution in [0.4, 0.5) is 0 Å². The van der Waals surface area contributed by atoms with Gasteiger partial charge in [0.1, 0.15) is 5.78 Å². The lowest BCUT2D eigenvalue weighted by Crippen LogP contribution is -2.13. The molecule has 0 N–H and O–H groups in total. The van der Waals surface area contributed by atoms with Crippen LogP contribution < -0.4 is 9.47 Å². The first kappa shape index (κ1) is 19.7. The normalized spacial score (nSPS) is 11.1. The number of carbonyl (C=O) groups is 2. The lowest BCUT2D eigenvalue weighted by Gasteiger charge is -2.19. The van der Waals surface area contributed by atoms with Gasteiger partial charge in [-0.25, -0.2) is 4.79 Å². The monoisotopic (exact) mass is 354 g/mol. The zero-order chi connectivity index (χ0) is 19.3. The van der Waals surface area contributed by atoms with Crippen LogP contribution in [0.2, 0.25) is 0 Å². The average molecular weight is 354 g/mol. The Labute approximate surface area is 155 Å². The number of hydrogen-bond donors (Lipinski definition) is 0. The summed E-state index contributed by atoms with van der Waals surface area (Å²) in [4.78, 5) is 23.5. The third kappa shape index (κ3) is 5.19. The minimum atomic E-state index is -0.430. The molecule has 0 saturated carbocycles. The summed E-state index contributed by atoms with van der Waals surface area (Å²) in [5, 5.41) is 0. The molecule has 0 radical (unpaired) electrons. The van der Waals surface area contributed by atoms with E-state index in [-0.39, 0.29) is 11.2 Å². The molecule has 0 aromatic heterocycles. The molecule has 0 atom stereocenters. The maximum Gasteiger partial charge on any atom is 0.343 e. The number of ether oxygens (including phenoxy) is 2. The lowest BCUT2D eigenvalue weighted by molar-refractivity contribution is -0.116. The Morgan fingerprint density at radius 1 is 0.962 bits per heavy atom. The second kappa shape index (κ2) is 8.17. The predicted octanol–water partition coefficient (Wildman–Crippen LogP) is 4.73. The van der Waals surface area contributed by atoms with Gasteiger partial charge in [-0.05, 0) is 54.2 Å². The summed E-state index contributed by atoms with van der Waals surface area (Å²) in [5.74, 6) is 0.549. The van der Waals surface area contributed by atoms with Crippen LogP contribution >= 0.6 is 0 Å². The van der Waals surface area contributed by atoms with Crippen molar-refractivity contribution in [1.82, 2.24) is 0 Å². The Morgan fingerprint density at radius 3 is 2.15 bits per heavy atom. The van der Waals surface area contributed by atoms with Gasteiger partial charge in [0.2, 0.25) is 0 Å². The van der Waals surface area contributed by atoms with E-state index in [4.69, 9.17) is 9.47 Å². The van der Waals surface area contributed by atoms with E-state index >= 15 is 0 Å². The summed E-state index contributed by atoms with van der Waals surface area (Å²) in [6.45, 7) is 7.94. The van der Waals surface area contributed by atoms with E-state index in [1.54, 1.807) is 31.2 Å². The van der Waals surface area contributed by atoms with E-state index in [9.17, 15) is 9.59 Å². The highest BCUT2D eigenvalue weighted by molar-refractivity contribution is 5.91. The molecule has 0 aliphatic carbocycles. The standard InChI is InChI=1S/C22H26O4/c1-15(23)6-7-16-8-13-19(20(14-16)25-5)26-21(24)17-9-11-18(12-10-17)22(2,3)4/h8-14H,6-7H2,1-5H3. The highest BCUT2D eigenvalue weighted by atomic mass is 16.6. The van der Waals surface area contributed by atoms with E-state index in [2.05, 4.69) is 20.8 Å². The molecular weight excluding hydrogens is 328 g/mol. The Morgan fingerprint density at radius 2 is 1.62 bits per heavy atom. The van der Waals surface area contributed by atoms with Crippen LogP contribution in [0.15, 0.2) is 42.5 Å². The maximum atomic E-state index is 12.4. The quantitative estimate of drug-likeness (QED) is 0.556. The molecule has 138 valence electrons. The fourth-order valence-corrected chi connectivity index (χ4v) is 2.54. The van der Waals surface area contributed by atoms with Gasteiger partial charge in [0.05, 0.1) is 12.7 Å². The molecular formula is C22H26O4. The van der Waals surface area contributed by atoms with Gasteiger partial charge in [-0.3, -0.25) is 0 Å². The summed E-state index contributed by atoms with van der Waals surface area (Å²) in [6.07, 6.45) is 1.11. The third-order valence-corrected chi connectivity index (χ3v) is 4.18. The summed E-state index contributed by atoms with van der Waals surface area (Å²) in [5.41, 5.74) is 2.63. The molecule has 4 nitrogen and oxygen atoms in total. The number of aryl methyl sites for hydroxylation is 1. The highest BCUT2D eigenvalue weighted by Gasteiger charge is 2.16. The number of esters is 1. The Hall–Kier alpha value is -2.62. The van der Waals surface area contributed by atoms with Crippen LogP contribution in [0.5, 0.6) is 11.5 Å². The van der Waals surface area contributed by atoms with Crippen molar-refractivity contribution >= 4 is 11.8 Å². The van der Waals surface area contributed by atoms with E-state index in [1.165, 1.54) is 7.11 Å². The Kier molecular flexibility index (Phi) is 6.19. The maximum absolute atomic E-state index is 12.4. The van der Waals surface area contributed by atoms with Crippen molar-refractivity contribution in [2.75, 3.05) is 7.11 Å². The zero-order valence-corrected chi connectivity index (χ0v) is 16.1. The molecule has 0 unspecified atom stereocenters. The van der Waals surface area contributed by atoms with E-state index in [1.807, 2.05) is 18.2 Å². The molecule has 2 aromatic carbocycles. The molecule has 0 fully saturated rings. The number of benzene rings is 2. The molecule has 4 heteroatoms. The third-order valence-electron chi connectivity index (χ3n) is 4.18. The van der Waals surface area contributed by atoms with Gasteiger partial charge < -0.3 is 14.3 Å². The largest absolute Gasteiger partial charge is 0.493 e. The smallest absolute Gasteiger partial charge is 0.343 e. The second-order valence-corrected chi connectivity index (χ2v) is 7.40. The van der Waals surface area contributed by atoms with Gasteiger partial charge in [0, 0.05) is 6.42 Å². The molecule has 0 spiro atoms. The van der Waals surface area contributed by atoms with Crippen LogP contribution in [0.1, 0.15) is 55.6 Å². The second-order valence-electron chi connectivity index (χ2n) is 7.40. The molecule has 2 aromatic rings. The molecule has 0 bridgehead atoms. The van der Waals surface area contributed by atoms with Gasteiger partial charge >= 0.3 is 5.97 Å². The topological polar surface area (TPSA) is 52.6 Å². The highest BCUT2D eigenvalue weighted by Crippen LogP contribution is 2.29. The lowest BCUT2D eigenvalue weighted by atomic mass is 9.87. The first-order valence-electron chi connectivity index (χ1n) is 8.70. The minimum Gasteiger partial charge on any atom is -0.493 e. The SMILES string of the molecule is COc1cc(CCC(C)=O)ccc1OC(=O)c1ccc(C(C)(C)C)cc1. The van der Waals surface area contributed by atoms with E-state index < -0.39 is 5.97 Å². The van der Waals surface area contributed by atoms with E-state index in [0.29, 0.717) is 29.9 Å². The first-order chi connectivity index (χ1) is 12.2. The minimum absolute atomic E-state index is 0.0291. The van der Waals surface area contributed by atoms with Gasteiger partial charge in [0.25, 0.3) is 0 Å². The van der Waals surface area contributed by atoms with Crippen LogP contribution in [0, 0.1) is 0 Å². The number of carbonyl (C=O) groups excluding carboxylic acids is 2. The summed E-state index contributed by atoms with van der Waals surface area (Å²) >= 11 is 0. The summed E-state index contributed by atoms with van der Waals surface area (Å²) in [7, 11) is 1.53. The van der Waals surface area contributed by atoms with Gasteiger partial charge in [-0.15, -0.1) is 0 Å². The van der Waals surface area contributed by atoms with Crippen molar-refractivity contribution in [3.8, 4) is 11.5 Å². The van der Waals surface area contributed by atoms with Crippen LogP contribution in [0.25, 0.3) is 0 Å².